The minimum atomic E-state index is -0.540. The van der Waals surface area contributed by atoms with Gasteiger partial charge in [-0.05, 0) is 129 Å². The van der Waals surface area contributed by atoms with E-state index in [-0.39, 0.29) is 0 Å². The fraction of sp³-hybridized carbons (Fsp3) is 0.0448. The summed E-state index contributed by atoms with van der Waals surface area (Å²) in [5.41, 5.74) is 21.6. The summed E-state index contributed by atoms with van der Waals surface area (Å²) in [6, 6.07) is 83.7. The number of para-hydroxylation sites is 4. The van der Waals surface area contributed by atoms with E-state index in [1.807, 2.05) is 12.1 Å². The standard InChI is InChI=1S/C67H45NO2/c1-2-14-44(15-3-1)46-32-38-50(39-33-46)68(52-42-36-49(37-43-52)54-19-13-21-58-56-17-5-9-25-62(56)70-66(54)58)51-40-34-47(35-41-51)45-28-30-48(31-29-45)53-18-12-20-57-55-16-4-6-22-59(55)67(65(53)57)60-23-7-10-26-63(60)69-64-27-11-8-24-61(64)67/h1-2,4-14,16-43H,3,15H2. The first-order valence-electron chi connectivity index (χ1n) is 24.3. The van der Waals surface area contributed by atoms with Gasteiger partial charge < -0.3 is 14.1 Å². The average molecular weight is 896 g/mol. The number of fused-ring (bicyclic) bond motifs is 12. The minimum Gasteiger partial charge on any atom is -0.457 e. The van der Waals surface area contributed by atoms with E-state index in [0.717, 1.165) is 85.6 Å². The van der Waals surface area contributed by atoms with Crippen molar-refractivity contribution in [1.29, 1.82) is 0 Å². The number of rotatable bonds is 7. The van der Waals surface area contributed by atoms with Gasteiger partial charge in [0.15, 0.2) is 0 Å². The minimum absolute atomic E-state index is 0.540. The van der Waals surface area contributed by atoms with Crippen LogP contribution in [0.15, 0.2) is 253 Å². The smallest absolute Gasteiger partial charge is 0.143 e. The van der Waals surface area contributed by atoms with Crippen LogP contribution >= 0.6 is 0 Å². The molecule has 0 N–H and O–H groups in total. The second kappa shape index (κ2) is 16.1. The van der Waals surface area contributed by atoms with Crippen molar-refractivity contribution in [2.24, 2.45) is 0 Å². The molecule has 0 saturated heterocycles. The highest BCUT2D eigenvalue weighted by atomic mass is 16.5. The Bertz CT molecular complexity index is 3850. The first-order chi connectivity index (χ1) is 34.7. The predicted molar refractivity (Wildman–Crippen MR) is 288 cm³/mol. The lowest BCUT2D eigenvalue weighted by atomic mass is 9.64. The molecule has 330 valence electrons. The first kappa shape index (κ1) is 40.2. The maximum Gasteiger partial charge on any atom is 0.143 e. The third-order valence-electron chi connectivity index (χ3n) is 14.9. The first-order valence-corrected chi connectivity index (χ1v) is 24.3. The summed E-state index contributed by atoms with van der Waals surface area (Å²) in [4.78, 5) is 2.35. The van der Waals surface area contributed by atoms with Crippen LogP contribution in [0.3, 0.4) is 0 Å². The number of nitrogens with zero attached hydrogens (tertiary/aromatic N) is 1. The molecule has 1 aliphatic heterocycles. The van der Waals surface area contributed by atoms with Crippen LogP contribution in [0.5, 0.6) is 11.5 Å². The Kier molecular flexibility index (Phi) is 9.25. The fourth-order valence-electron chi connectivity index (χ4n) is 11.7. The molecule has 0 bridgehead atoms. The lowest BCUT2D eigenvalue weighted by Gasteiger charge is -2.40. The summed E-state index contributed by atoms with van der Waals surface area (Å²) in [7, 11) is 0. The van der Waals surface area contributed by atoms with E-state index in [2.05, 4.69) is 242 Å². The lowest BCUT2D eigenvalue weighted by molar-refractivity contribution is 0.436. The lowest BCUT2D eigenvalue weighted by Crippen LogP contribution is -2.32. The van der Waals surface area contributed by atoms with Crippen molar-refractivity contribution in [1.82, 2.24) is 0 Å². The molecule has 0 saturated carbocycles. The van der Waals surface area contributed by atoms with Gasteiger partial charge in [0.25, 0.3) is 0 Å². The Morgan fingerprint density at radius 2 is 0.886 bits per heavy atom. The summed E-state index contributed by atoms with van der Waals surface area (Å²) < 4.78 is 13.1. The van der Waals surface area contributed by atoms with E-state index in [9.17, 15) is 0 Å². The summed E-state index contributed by atoms with van der Waals surface area (Å²) in [6.45, 7) is 0. The van der Waals surface area contributed by atoms with Crippen LogP contribution in [0.25, 0.3) is 72.0 Å². The molecule has 70 heavy (non-hydrogen) atoms. The molecule has 0 fully saturated rings. The van der Waals surface area contributed by atoms with Crippen molar-refractivity contribution in [2.75, 3.05) is 4.90 Å². The van der Waals surface area contributed by atoms with Crippen molar-refractivity contribution in [2.45, 2.75) is 18.3 Å². The number of anilines is 3. The molecule has 0 atom stereocenters. The van der Waals surface area contributed by atoms with Crippen molar-refractivity contribution >= 4 is 44.6 Å². The second-order valence-electron chi connectivity index (χ2n) is 18.6. The predicted octanol–water partition coefficient (Wildman–Crippen LogP) is 18.3. The van der Waals surface area contributed by atoms with Gasteiger partial charge in [-0.25, -0.2) is 0 Å². The molecule has 0 unspecified atom stereocenters. The Morgan fingerprint density at radius 1 is 0.386 bits per heavy atom. The molecule has 0 amide bonds. The molecule has 3 nitrogen and oxygen atoms in total. The van der Waals surface area contributed by atoms with Crippen LogP contribution in [0.4, 0.5) is 17.1 Å². The Balaban J connectivity index is 0.826. The van der Waals surface area contributed by atoms with Gasteiger partial charge in [0.05, 0.1) is 5.41 Å². The molecule has 3 aliphatic rings. The molecular formula is C67H45NO2. The molecule has 3 heteroatoms. The molecule has 11 aromatic rings. The number of benzene rings is 10. The Morgan fingerprint density at radius 3 is 1.57 bits per heavy atom. The van der Waals surface area contributed by atoms with Crippen molar-refractivity contribution < 1.29 is 9.15 Å². The number of hydrogen-bond donors (Lipinski definition) is 0. The molecule has 2 aliphatic carbocycles. The fourth-order valence-corrected chi connectivity index (χ4v) is 11.7. The van der Waals surface area contributed by atoms with Gasteiger partial charge in [-0.2, -0.15) is 0 Å². The van der Waals surface area contributed by atoms with Crippen LogP contribution in [-0.4, -0.2) is 0 Å². The SMILES string of the molecule is C1=CCCC(c2ccc(N(c3ccc(-c4ccc(-c5cccc6c5C5(c7ccccc7Oc7ccccc75)c5ccccc5-6)cc4)cc3)c3ccc(-c4cccc5c4oc4ccccc45)cc3)cc2)=C1. The normalized spacial score (nSPS) is 13.9. The quantitative estimate of drug-likeness (QED) is 0.159. The second-order valence-corrected chi connectivity index (χ2v) is 18.6. The zero-order chi connectivity index (χ0) is 46.2. The molecule has 14 rings (SSSR count). The van der Waals surface area contributed by atoms with Crippen molar-refractivity contribution in [3.05, 3.63) is 277 Å². The van der Waals surface area contributed by atoms with Gasteiger partial charge in [-0.15, -0.1) is 0 Å². The highest BCUT2D eigenvalue weighted by Crippen LogP contribution is 2.63. The van der Waals surface area contributed by atoms with E-state index < -0.39 is 5.41 Å². The van der Waals surface area contributed by atoms with Gasteiger partial charge in [0.2, 0.25) is 0 Å². The third kappa shape index (κ3) is 6.21. The van der Waals surface area contributed by atoms with E-state index in [0.29, 0.717) is 0 Å². The van der Waals surface area contributed by atoms with Crippen LogP contribution in [0.1, 0.15) is 40.7 Å². The van der Waals surface area contributed by atoms with Gasteiger partial charge in [0, 0.05) is 44.5 Å². The largest absolute Gasteiger partial charge is 0.457 e. The number of hydrogen-bond acceptors (Lipinski definition) is 3. The number of allylic oxidation sites excluding steroid dienone is 4. The zero-order valence-electron chi connectivity index (χ0n) is 38.3. The van der Waals surface area contributed by atoms with Gasteiger partial charge >= 0.3 is 0 Å². The van der Waals surface area contributed by atoms with Crippen LogP contribution in [0.2, 0.25) is 0 Å². The summed E-state index contributed by atoms with van der Waals surface area (Å²) in [6.07, 6.45) is 8.80. The number of ether oxygens (including phenoxy) is 1. The maximum absolute atomic E-state index is 6.64. The summed E-state index contributed by atoms with van der Waals surface area (Å²) in [5, 5.41) is 2.27. The molecule has 2 heterocycles. The molecule has 0 radical (unpaired) electrons. The summed E-state index contributed by atoms with van der Waals surface area (Å²) >= 11 is 0. The van der Waals surface area contributed by atoms with Gasteiger partial charge in [-0.1, -0.05) is 194 Å². The van der Waals surface area contributed by atoms with Crippen LogP contribution in [0, 0.1) is 0 Å². The average Bonchev–Trinajstić information content (AvgIpc) is 3.96. The maximum atomic E-state index is 6.64. The van der Waals surface area contributed by atoms with E-state index in [1.165, 1.54) is 55.6 Å². The Hall–Kier alpha value is -8.92. The van der Waals surface area contributed by atoms with E-state index in [4.69, 9.17) is 9.15 Å². The zero-order valence-corrected chi connectivity index (χ0v) is 38.3. The topological polar surface area (TPSA) is 25.6 Å². The van der Waals surface area contributed by atoms with Gasteiger partial charge in [-0.3, -0.25) is 0 Å². The molecular weight excluding hydrogens is 851 g/mol. The van der Waals surface area contributed by atoms with Crippen molar-refractivity contribution in [3.63, 3.8) is 0 Å². The van der Waals surface area contributed by atoms with E-state index >= 15 is 0 Å². The molecule has 10 aromatic carbocycles. The third-order valence-corrected chi connectivity index (χ3v) is 14.9. The Labute approximate surface area is 407 Å². The van der Waals surface area contributed by atoms with Crippen LogP contribution < -0.4 is 9.64 Å². The highest BCUT2D eigenvalue weighted by molar-refractivity contribution is 6.09. The summed E-state index contributed by atoms with van der Waals surface area (Å²) in [5.74, 6) is 1.80. The molecule has 1 spiro atoms. The highest BCUT2D eigenvalue weighted by Gasteiger charge is 2.52. The monoisotopic (exact) mass is 895 g/mol. The number of furan rings is 1. The molecule has 1 aromatic heterocycles. The van der Waals surface area contributed by atoms with Crippen molar-refractivity contribution in [3.8, 4) is 56.0 Å². The van der Waals surface area contributed by atoms with Gasteiger partial charge in [0.1, 0.15) is 22.7 Å². The van der Waals surface area contributed by atoms with Crippen LogP contribution in [-0.2, 0) is 5.41 Å². The van der Waals surface area contributed by atoms with E-state index in [1.54, 1.807) is 0 Å².